The Morgan fingerprint density at radius 3 is 2.33 bits per heavy atom. The molecule has 2 amide bonds. The highest BCUT2D eigenvalue weighted by atomic mass is 16.6. The standard InChI is InChI=1S/C19H26N2O6/c1-19(2,3)27-18(24)21-11-10-20(12-15(21)16(22)25-4)17(23)26-13-14-8-6-5-7-9-14/h5-9,15H,10-13H2,1-4H3. The Balaban J connectivity index is 2.01. The molecule has 0 N–H and O–H groups in total. The molecule has 0 aromatic heterocycles. The van der Waals surface area contributed by atoms with Crippen LogP contribution in [0, 0.1) is 0 Å². The Morgan fingerprint density at radius 2 is 1.74 bits per heavy atom. The van der Waals surface area contributed by atoms with Gasteiger partial charge in [0.1, 0.15) is 12.2 Å². The summed E-state index contributed by atoms with van der Waals surface area (Å²) in [5.74, 6) is -0.610. The number of carbonyl (C=O) groups is 3. The van der Waals surface area contributed by atoms with Gasteiger partial charge in [0, 0.05) is 13.1 Å². The maximum Gasteiger partial charge on any atom is 0.411 e. The first kappa shape index (κ1) is 20.5. The smallest absolute Gasteiger partial charge is 0.411 e. The van der Waals surface area contributed by atoms with E-state index in [-0.39, 0.29) is 26.2 Å². The van der Waals surface area contributed by atoms with Gasteiger partial charge in [0.2, 0.25) is 0 Å². The number of amides is 2. The molecule has 0 aliphatic carbocycles. The van der Waals surface area contributed by atoms with Gasteiger partial charge in [-0.2, -0.15) is 0 Å². The van der Waals surface area contributed by atoms with Crippen LogP contribution >= 0.6 is 0 Å². The summed E-state index contributed by atoms with van der Waals surface area (Å²) in [5, 5.41) is 0. The van der Waals surface area contributed by atoms with E-state index in [1.54, 1.807) is 20.8 Å². The van der Waals surface area contributed by atoms with E-state index in [4.69, 9.17) is 14.2 Å². The van der Waals surface area contributed by atoms with Gasteiger partial charge in [-0.3, -0.25) is 4.90 Å². The van der Waals surface area contributed by atoms with Gasteiger partial charge in [-0.05, 0) is 26.3 Å². The summed E-state index contributed by atoms with van der Waals surface area (Å²) in [6, 6.07) is 8.35. The predicted octanol–water partition coefficient (Wildman–Crippen LogP) is 2.42. The number of benzene rings is 1. The SMILES string of the molecule is COC(=O)C1CN(C(=O)OCc2ccccc2)CCN1C(=O)OC(C)(C)C. The molecule has 1 aromatic carbocycles. The number of hydrogen-bond acceptors (Lipinski definition) is 6. The second kappa shape index (κ2) is 8.75. The predicted molar refractivity (Wildman–Crippen MR) is 96.9 cm³/mol. The number of rotatable bonds is 3. The van der Waals surface area contributed by atoms with Gasteiger partial charge in [0.05, 0.1) is 13.7 Å². The third-order valence-electron chi connectivity index (χ3n) is 3.94. The molecule has 0 radical (unpaired) electrons. The number of nitrogens with zero attached hydrogens (tertiary/aromatic N) is 2. The normalized spacial score (nSPS) is 17.3. The second-order valence-electron chi connectivity index (χ2n) is 7.20. The fraction of sp³-hybridized carbons (Fsp3) is 0.526. The maximum atomic E-state index is 12.4. The van der Waals surface area contributed by atoms with Crippen LogP contribution in [0.5, 0.6) is 0 Å². The Kier molecular flexibility index (Phi) is 6.65. The van der Waals surface area contributed by atoms with Crippen LogP contribution in [-0.4, -0.2) is 66.3 Å². The number of esters is 1. The van der Waals surface area contributed by atoms with Crippen molar-refractivity contribution in [2.24, 2.45) is 0 Å². The summed E-state index contributed by atoms with van der Waals surface area (Å²) in [7, 11) is 1.24. The van der Waals surface area contributed by atoms with E-state index in [9.17, 15) is 14.4 Å². The van der Waals surface area contributed by atoms with Crippen LogP contribution in [0.2, 0.25) is 0 Å². The van der Waals surface area contributed by atoms with E-state index in [0.29, 0.717) is 0 Å². The lowest BCUT2D eigenvalue weighted by atomic mass is 10.1. The highest BCUT2D eigenvalue weighted by molar-refractivity contribution is 5.83. The number of piperazine rings is 1. The monoisotopic (exact) mass is 378 g/mol. The minimum atomic E-state index is -0.942. The van der Waals surface area contributed by atoms with Gasteiger partial charge >= 0.3 is 18.2 Å². The quantitative estimate of drug-likeness (QED) is 0.593. The Hall–Kier alpha value is -2.77. The Morgan fingerprint density at radius 1 is 1.07 bits per heavy atom. The van der Waals surface area contributed by atoms with Crippen LogP contribution in [0.25, 0.3) is 0 Å². The van der Waals surface area contributed by atoms with Crippen LogP contribution in [-0.2, 0) is 25.6 Å². The van der Waals surface area contributed by atoms with Crippen molar-refractivity contribution in [2.45, 2.75) is 39.0 Å². The highest BCUT2D eigenvalue weighted by Gasteiger charge is 2.40. The molecule has 8 nitrogen and oxygen atoms in total. The second-order valence-corrected chi connectivity index (χ2v) is 7.20. The van der Waals surface area contributed by atoms with Gasteiger partial charge in [-0.1, -0.05) is 30.3 Å². The van der Waals surface area contributed by atoms with Gasteiger partial charge < -0.3 is 19.1 Å². The highest BCUT2D eigenvalue weighted by Crippen LogP contribution is 2.18. The van der Waals surface area contributed by atoms with E-state index in [1.165, 1.54) is 16.9 Å². The van der Waals surface area contributed by atoms with Crippen molar-refractivity contribution in [3.05, 3.63) is 35.9 Å². The van der Waals surface area contributed by atoms with Gasteiger partial charge in [0.15, 0.2) is 6.04 Å². The summed E-state index contributed by atoms with van der Waals surface area (Å²) in [5.41, 5.74) is 0.173. The van der Waals surface area contributed by atoms with E-state index in [0.717, 1.165) is 5.56 Å². The summed E-state index contributed by atoms with van der Waals surface area (Å²) in [6.45, 7) is 5.74. The zero-order chi connectivity index (χ0) is 20.0. The fourth-order valence-electron chi connectivity index (χ4n) is 2.64. The molecule has 1 saturated heterocycles. The molecule has 0 saturated carbocycles. The lowest BCUT2D eigenvalue weighted by Gasteiger charge is -2.39. The molecule has 0 spiro atoms. The zero-order valence-corrected chi connectivity index (χ0v) is 16.1. The summed E-state index contributed by atoms with van der Waals surface area (Å²) in [6.07, 6.45) is -1.16. The zero-order valence-electron chi connectivity index (χ0n) is 16.1. The van der Waals surface area contributed by atoms with Gasteiger partial charge in [-0.15, -0.1) is 0 Å². The number of hydrogen-bond donors (Lipinski definition) is 0. The molecule has 2 rings (SSSR count). The molecule has 1 aromatic rings. The summed E-state index contributed by atoms with van der Waals surface area (Å²) < 4.78 is 15.4. The molecule has 0 bridgehead atoms. The molecule has 1 heterocycles. The van der Waals surface area contributed by atoms with Crippen LogP contribution in [0.4, 0.5) is 9.59 Å². The largest absolute Gasteiger partial charge is 0.467 e. The summed E-state index contributed by atoms with van der Waals surface area (Å²) in [4.78, 5) is 39.6. The lowest BCUT2D eigenvalue weighted by Crippen LogP contribution is -2.60. The van der Waals surface area contributed by atoms with Crippen LogP contribution in [0.3, 0.4) is 0 Å². The maximum absolute atomic E-state index is 12.4. The lowest BCUT2D eigenvalue weighted by molar-refractivity contribution is -0.148. The molecule has 1 unspecified atom stereocenters. The molecule has 1 aliphatic heterocycles. The minimum Gasteiger partial charge on any atom is -0.467 e. The molecule has 148 valence electrons. The summed E-state index contributed by atoms with van der Waals surface area (Å²) >= 11 is 0. The van der Waals surface area contributed by atoms with E-state index < -0.39 is 29.8 Å². The van der Waals surface area contributed by atoms with Crippen molar-refractivity contribution in [3.63, 3.8) is 0 Å². The van der Waals surface area contributed by atoms with E-state index >= 15 is 0 Å². The van der Waals surface area contributed by atoms with Crippen LogP contribution in [0.1, 0.15) is 26.3 Å². The molecule has 1 atom stereocenters. The fourth-order valence-corrected chi connectivity index (χ4v) is 2.64. The van der Waals surface area contributed by atoms with Crippen molar-refractivity contribution in [3.8, 4) is 0 Å². The van der Waals surface area contributed by atoms with Gasteiger partial charge in [-0.25, -0.2) is 14.4 Å². The van der Waals surface area contributed by atoms with Gasteiger partial charge in [0.25, 0.3) is 0 Å². The third-order valence-corrected chi connectivity index (χ3v) is 3.94. The molecule has 8 heteroatoms. The minimum absolute atomic E-state index is 0.0143. The van der Waals surface area contributed by atoms with Crippen LogP contribution in [0.15, 0.2) is 30.3 Å². The van der Waals surface area contributed by atoms with Crippen molar-refractivity contribution >= 4 is 18.2 Å². The number of ether oxygens (including phenoxy) is 3. The van der Waals surface area contributed by atoms with Crippen molar-refractivity contribution in [1.82, 2.24) is 9.80 Å². The third kappa shape index (κ3) is 5.87. The van der Waals surface area contributed by atoms with Crippen molar-refractivity contribution in [1.29, 1.82) is 0 Å². The van der Waals surface area contributed by atoms with Crippen molar-refractivity contribution in [2.75, 3.05) is 26.7 Å². The molecule has 1 aliphatic rings. The molecular formula is C19H26N2O6. The first-order valence-corrected chi connectivity index (χ1v) is 8.74. The first-order chi connectivity index (χ1) is 12.7. The van der Waals surface area contributed by atoms with Crippen LogP contribution < -0.4 is 0 Å². The first-order valence-electron chi connectivity index (χ1n) is 8.74. The van der Waals surface area contributed by atoms with E-state index in [2.05, 4.69) is 0 Å². The molecule has 1 fully saturated rings. The number of methoxy groups -OCH3 is 1. The average molecular weight is 378 g/mol. The Labute approximate surface area is 159 Å². The average Bonchev–Trinajstić information content (AvgIpc) is 2.64. The van der Waals surface area contributed by atoms with Crippen molar-refractivity contribution < 1.29 is 28.6 Å². The van der Waals surface area contributed by atoms with E-state index in [1.807, 2.05) is 30.3 Å². The Bertz CT molecular complexity index is 671. The topological polar surface area (TPSA) is 85.4 Å². The number of carbonyl (C=O) groups excluding carboxylic acids is 3. The molecule has 27 heavy (non-hydrogen) atoms. The molecular weight excluding hydrogens is 352 g/mol.